The molecule has 0 spiro atoms. The van der Waals surface area contributed by atoms with Crippen LogP contribution in [0.4, 0.5) is 0 Å². The highest BCUT2D eigenvalue weighted by Crippen LogP contribution is 2.41. The lowest BCUT2D eigenvalue weighted by Gasteiger charge is -2.47. The van der Waals surface area contributed by atoms with E-state index in [1.54, 1.807) is 0 Å². The second-order valence-electron chi connectivity index (χ2n) is 6.21. The van der Waals surface area contributed by atoms with Crippen molar-refractivity contribution in [1.82, 2.24) is 0 Å². The first kappa shape index (κ1) is 12.0. The van der Waals surface area contributed by atoms with Gasteiger partial charge in [0, 0.05) is 0 Å². The Bertz CT molecular complexity index is 192. The minimum atomic E-state index is 0.266. The van der Waals surface area contributed by atoms with Crippen LogP contribution in [-0.2, 0) is 4.74 Å². The Labute approximate surface area is 89.2 Å². The quantitative estimate of drug-likeness (QED) is 0.576. The van der Waals surface area contributed by atoms with Crippen LogP contribution in [-0.4, -0.2) is 12.2 Å². The molecule has 0 amide bonds. The van der Waals surface area contributed by atoms with Crippen molar-refractivity contribution < 1.29 is 4.74 Å². The summed E-state index contributed by atoms with van der Waals surface area (Å²) in [6, 6.07) is 0. The molecular formula is C13H26O. The van der Waals surface area contributed by atoms with Crippen molar-refractivity contribution in [2.45, 2.75) is 60.7 Å². The molecule has 0 bridgehead atoms. The number of rotatable bonds is 0. The molecule has 14 heavy (non-hydrogen) atoms. The normalized spacial score (nSPS) is 45.2. The lowest BCUT2D eigenvalue weighted by molar-refractivity contribution is -0.163. The average molecular weight is 198 g/mol. The molecule has 0 aromatic carbocycles. The van der Waals surface area contributed by atoms with E-state index in [1.807, 2.05) is 0 Å². The topological polar surface area (TPSA) is 9.23 Å². The average Bonchev–Trinajstić information content (AvgIpc) is 2.06. The first-order chi connectivity index (χ1) is 6.25. The third-order valence-electron chi connectivity index (χ3n) is 4.09. The molecule has 0 aliphatic carbocycles. The third kappa shape index (κ3) is 2.13. The Hall–Kier alpha value is -0.0400. The van der Waals surface area contributed by atoms with Crippen molar-refractivity contribution in [1.29, 1.82) is 0 Å². The van der Waals surface area contributed by atoms with Crippen LogP contribution in [0.2, 0.25) is 0 Å². The fourth-order valence-electron chi connectivity index (χ4n) is 2.65. The van der Waals surface area contributed by atoms with E-state index in [2.05, 4.69) is 48.5 Å². The van der Waals surface area contributed by atoms with E-state index in [-0.39, 0.29) is 5.41 Å². The summed E-state index contributed by atoms with van der Waals surface area (Å²) in [5, 5.41) is 0. The van der Waals surface area contributed by atoms with Gasteiger partial charge >= 0.3 is 0 Å². The summed E-state index contributed by atoms with van der Waals surface area (Å²) in [4.78, 5) is 0. The second kappa shape index (κ2) is 3.84. The highest BCUT2D eigenvalue weighted by molar-refractivity contribution is 4.89. The first-order valence-corrected chi connectivity index (χ1v) is 5.90. The molecular weight excluding hydrogens is 172 g/mol. The molecule has 0 aromatic rings. The summed E-state index contributed by atoms with van der Waals surface area (Å²) in [5.74, 6) is 2.12. The zero-order valence-corrected chi connectivity index (χ0v) is 10.8. The molecule has 84 valence electrons. The van der Waals surface area contributed by atoms with Crippen molar-refractivity contribution in [3.8, 4) is 0 Å². The highest BCUT2D eigenvalue weighted by atomic mass is 16.5. The zero-order valence-electron chi connectivity index (χ0n) is 10.8. The van der Waals surface area contributed by atoms with Crippen molar-refractivity contribution in [3.63, 3.8) is 0 Å². The molecule has 1 rings (SSSR count). The second-order valence-corrected chi connectivity index (χ2v) is 6.21. The number of hydrogen-bond donors (Lipinski definition) is 0. The monoisotopic (exact) mass is 198 g/mol. The predicted octanol–water partition coefficient (Wildman–Crippen LogP) is 3.73. The molecule has 0 radical (unpaired) electrons. The minimum absolute atomic E-state index is 0.266. The Morgan fingerprint density at radius 1 is 0.786 bits per heavy atom. The zero-order chi connectivity index (χ0) is 11.1. The molecule has 2 unspecified atom stereocenters. The summed E-state index contributed by atoms with van der Waals surface area (Å²) in [7, 11) is 0. The van der Waals surface area contributed by atoms with Gasteiger partial charge < -0.3 is 4.74 Å². The number of ether oxygens (including phenoxy) is 1. The highest BCUT2D eigenvalue weighted by Gasteiger charge is 2.42. The maximum absolute atomic E-state index is 6.15. The number of hydrogen-bond acceptors (Lipinski definition) is 1. The van der Waals surface area contributed by atoms with Crippen molar-refractivity contribution >= 4 is 0 Å². The molecule has 1 heterocycles. The lowest BCUT2D eigenvalue weighted by Crippen LogP contribution is -2.48. The van der Waals surface area contributed by atoms with Gasteiger partial charge in [0.15, 0.2) is 0 Å². The Morgan fingerprint density at radius 2 is 1.29 bits per heavy atom. The van der Waals surface area contributed by atoms with Gasteiger partial charge in [-0.1, -0.05) is 41.5 Å². The van der Waals surface area contributed by atoms with Gasteiger partial charge in [-0.05, 0) is 30.1 Å². The molecule has 1 heteroatoms. The smallest absolute Gasteiger partial charge is 0.0655 e. The van der Waals surface area contributed by atoms with Crippen LogP contribution >= 0.6 is 0 Å². The van der Waals surface area contributed by atoms with E-state index in [9.17, 15) is 0 Å². The van der Waals surface area contributed by atoms with Gasteiger partial charge in [0.1, 0.15) is 0 Å². The first-order valence-electron chi connectivity index (χ1n) is 5.90. The predicted molar refractivity (Wildman–Crippen MR) is 61.3 cm³/mol. The van der Waals surface area contributed by atoms with Crippen LogP contribution in [0.1, 0.15) is 48.5 Å². The van der Waals surface area contributed by atoms with Gasteiger partial charge in [0.2, 0.25) is 0 Å². The fraction of sp³-hybridized carbons (Fsp3) is 1.00. The molecule has 1 aliphatic rings. The molecule has 0 aromatic heterocycles. The van der Waals surface area contributed by atoms with E-state index in [0.29, 0.717) is 24.0 Å². The summed E-state index contributed by atoms with van der Waals surface area (Å²) in [6.07, 6.45) is 0.814. The van der Waals surface area contributed by atoms with Gasteiger partial charge in [-0.2, -0.15) is 0 Å². The summed E-state index contributed by atoms with van der Waals surface area (Å²) in [5.41, 5.74) is 0.266. The van der Waals surface area contributed by atoms with Crippen molar-refractivity contribution in [2.75, 3.05) is 0 Å². The maximum Gasteiger partial charge on any atom is 0.0655 e. The minimum Gasteiger partial charge on any atom is -0.374 e. The fourth-order valence-corrected chi connectivity index (χ4v) is 2.65. The van der Waals surface area contributed by atoms with Gasteiger partial charge in [0.25, 0.3) is 0 Å². The molecule has 1 saturated heterocycles. The van der Waals surface area contributed by atoms with E-state index in [0.717, 1.165) is 5.92 Å². The van der Waals surface area contributed by atoms with Gasteiger partial charge in [0.05, 0.1) is 12.2 Å². The van der Waals surface area contributed by atoms with Crippen LogP contribution in [0, 0.1) is 23.2 Å². The van der Waals surface area contributed by atoms with Gasteiger partial charge in [-0.15, -0.1) is 0 Å². The molecule has 1 fully saturated rings. The van der Waals surface area contributed by atoms with E-state index in [1.165, 1.54) is 0 Å². The van der Waals surface area contributed by atoms with E-state index < -0.39 is 0 Å². The molecule has 0 N–H and O–H groups in total. The summed E-state index contributed by atoms with van der Waals surface area (Å²) >= 11 is 0. The van der Waals surface area contributed by atoms with Crippen LogP contribution < -0.4 is 0 Å². The summed E-state index contributed by atoms with van der Waals surface area (Å²) < 4.78 is 6.15. The van der Waals surface area contributed by atoms with E-state index in [4.69, 9.17) is 4.74 Å². The Balaban J connectivity index is 2.81. The maximum atomic E-state index is 6.15. The molecule has 0 saturated carbocycles. The lowest BCUT2D eigenvalue weighted by atomic mass is 9.70. The Kier molecular flexibility index (Phi) is 3.30. The van der Waals surface area contributed by atoms with Crippen LogP contribution in [0.25, 0.3) is 0 Å². The standard InChI is InChI=1S/C13H26O/c1-8-9(2)11(4)14-12(10(8)3)13(5,6)7/h8-12H,1-7H3/t8?,9-,10?,11-,12+/m0/s1. The van der Waals surface area contributed by atoms with Crippen LogP contribution in [0.3, 0.4) is 0 Å². The SMILES string of the molecule is CC1C(C)[C@H](C)[C@H](C)O[C@H]1C(C)(C)C. The van der Waals surface area contributed by atoms with Crippen molar-refractivity contribution in [3.05, 3.63) is 0 Å². The van der Waals surface area contributed by atoms with Crippen molar-refractivity contribution in [2.24, 2.45) is 23.2 Å². The van der Waals surface area contributed by atoms with Gasteiger partial charge in [-0.25, -0.2) is 0 Å². The molecule has 5 atom stereocenters. The van der Waals surface area contributed by atoms with Crippen LogP contribution in [0.15, 0.2) is 0 Å². The third-order valence-corrected chi connectivity index (χ3v) is 4.09. The largest absolute Gasteiger partial charge is 0.374 e. The van der Waals surface area contributed by atoms with Crippen LogP contribution in [0.5, 0.6) is 0 Å². The molecule has 1 nitrogen and oxygen atoms in total. The Morgan fingerprint density at radius 3 is 1.71 bits per heavy atom. The molecule has 1 aliphatic heterocycles. The summed E-state index contributed by atoms with van der Waals surface area (Å²) in [6.45, 7) is 16.1. The van der Waals surface area contributed by atoms with E-state index >= 15 is 0 Å². The van der Waals surface area contributed by atoms with Gasteiger partial charge in [-0.3, -0.25) is 0 Å².